The molecule has 19 heavy (non-hydrogen) atoms. The predicted molar refractivity (Wildman–Crippen MR) is 74.5 cm³/mol. The van der Waals surface area contributed by atoms with E-state index in [1.807, 2.05) is 11.8 Å². The summed E-state index contributed by atoms with van der Waals surface area (Å²) in [4.78, 5) is 22.2. The number of thioether (sulfide) groups is 1. The zero-order valence-corrected chi connectivity index (χ0v) is 12.2. The fourth-order valence-corrected chi connectivity index (χ4v) is 2.96. The van der Waals surface area contributed by atoms with E-state index in [1.54, 1.807) is 0 Å². The molecule has 6 nitrogen and oxygen atoms in total. The Hall–Kier alpha value is -0.950. The molecule has 3 atom stereocenters. The number of carbonyl (C=O) groups is 2. The van der Waals surface area contributed by atoms with Crippen LogP contribution in [0, 0.1) is 0 Å². The van der Waals surface area contributed by atoms with Crippen LogP contribution in [0.3, 0.4) is 0 Å². The van der Waals surface area contributed by atoms with Gasteiger partial charge in [-0.1, -0.05) is 0 Å². The molecule has 1 saturated carbocycles. The van der Waals surface area contributed by atoms with Gasteiger partial charge in [-0.15, -0.1) is 0 Å². The summed E-state index contributed by atoms with van der Waals surface area (Å²) in [6.07, 6.45) is 4.60. The van der Waals surface area contributed by atoms with E-state index in [1.165, 1.54) is 7.11 Å². The van der Waals surface area contributed by atoms with Crippen LogP contribution >= 0.6 is 11.8 Å². The Kier molecular flexibility index (Phi) is 7.01. The van der Waals surface area contributed by atoms with E-state index in [0.717, 1.165) is 19.3 Å². The Morgan fingerprint density at radius 2 is 2.21 bits per heavy atom. The van der Waals surface area contributed by atoms with Crippen LogP contribution in [0.2, 0.25) is 0 Å². The van der Waals surface area contributed by atoms with E-state index in [-0.39, 0.29) is 25.0 Å². The molecule has 7 heteroatoms. The van der Waals surface area contributed by atoms with Crippen molar-refractivity contribution >= 4 is 23.8 Å². The standard InChI is InChI=1S/C12H22N2O4S/c1-18-9(6-11(15)16)7-13-12(17)14-8-3-4-10(5-8)19-2/h8-10H,3-7H2,1-2H3,(H,15,16)(H2,13,14,17). The van der Waals surface area contributed by atoms with Crippen molar-refractivity contribution in [3.8, 4) is 0 Å². The molecule has 3 N–H and O–H groups in total. The molecule has 0 bridgehead atoms. The van der Waals surface area contributed by atoms with Gasteiger partial charge in [0.2, 0.25) is 0 Å². The van der Waals surface area contributed by atoms with Crippen molar-refractivity contribution in [3.63, 3.8) is 0 Å². The molecule has 1 aliphatic carbocycles. The van der Waals surface area contributed by atoms with Crippen LogP contribution < -0.4 is 10.6 Å². The second-order valence-corrected chi connectivity index (χ2v) is 5.82. The largest absolute Gasteiger partial charge is 0.481 e. The average molecular weight is 290 g/mol. The predicted octanol–water partition coefficient (Wildman–Crippen LogP) is 1.06. The summed E-state index contributed by atoms with van der Waals surface area (Å²) >= 11 is 1.83. The van der Waals surface area contributed by atoms with Crippen molar-refractivity contribution in [3.05, 3.63) is 0 Å². The lowest BCUT2D eigenvalue weighted by molar-refractivity contribution is -0.139. The van der Waals surface area contributed by atoms with Gasteiger partial charge in [-0.05, 0) is 25.5 Å². The number of urea groups is 1. The maximum atomic E-state index is 11.7. The number of aliphatic carboxylic acids is 1. The zero-order valence-electron chi connectivity index (χ0n) is 11.3. The summed E-state index contributed by atoms with van der Waals surface area (Å²) in [5.74, 6) is -0.937. The van der Waals surface area contributed by atoms with Crippen molar-refractivity contribution in [1.82, 2.24) is 10.6 Å². The topological polar surface area (TPSA) is 87.7 Å². The third kappa shape index (κ3) is 6.15. The number of rotatable bonds is 7. The molecular weight excluding hydrogens is 268 g/mol. The number of methoxy groups -OCH3 is 1. The quantitative estimate of drug-likeness (QED) is 0.652. The van der Waals surface area contributed by atoms with Crippen LogP contribution in [0.1, 0.15) is 25.7 Å². The van der Waals surface area contributed by atoms with E-state index in [4.69, 9.17) is 9.84 Å². The monoisotopic (exact) mass is 290 g/mol. The summed E-state index contributed by atoms with van der Waals surface area (Å²) in [7, 11) is 1.44. The first-order chi connectivity index (χ1) is 9.05. The molecule has 1 aliphatic rings. The lowest BCUT2D eigenvalue weighted by atomic mass is 10.2. The van der Waals surface area contributed by atoms with Gasteiger partial charge in [0, 0.05) is 24.9 Å². The highest BCUT2D eigenvalue weighted by atomic mass is 32.2. The Bertz CT molecular complexity index is 314. The van der Waals surface area contributed by atoms with Gasteiger partial charge in [0.25, 0.3) is 0 Å². The van der Waals surface area contributed by atoms with E-state index in [2.05, 4.69) is 16.9 Å². The van der Waals surface area contributed by atoms with Gasteiger partial charge in [-0.2, -0.15) is 11.8 Å². The minimum atomic E-state index is -0.937. The Morgan fingerprint density at radius 3 is 2.74 bits per heavy atom. The van der Waals surface area contributed by atoms with Crippen LogP contribution in [0.15, 0.2) is 0 Å². The molecular formula is C12H22N2O4S. The zero-order chi connectivity index (χ0) is 14.3. The maximum Gasteiger partial charge on any atom is 0.315 e. The molecule has 0 saturated heterocycles. The van der Waals surface area contributed by atoms with Crippen LogP contribution in [-0.4, -0.2) is 54.4 Å². The first-order valence-corrected chi connectivity index (χ1v) is 7.65. The van der Waals surface area contributed by atoms with Gasteiger partial charge < -0.3 is 20.5 Å². The molecule has 0 radical (unpaired) electrons. The minimum Gasteiger partial charge on any atom is -0.481 e. The van der Waals surface area contributed by atoms with E-state index in [9.17, 15) is 9.59 Å². The van der Waals surface area contributed by atoms with Gasteiger partial charge in [-0.3, -0.25) is 4.79 Å². The van der Waals surface area contributed by atoms with Gasteiger partial charge in [-0.25, -0.2) is 4.79 Å². The smallest absolute Gasteiger partial charge is 0.315 e. The molecule has 1 fully saturated rings. The number of nitrogens with one attached hydrogen (secondary N) is 2. The van der Waals surface area contributed by atoms with Gasteiger partial charge >= 0.3 is 12.0 Å². The summed E-state index contributed by atoms with van der Waals surface area (Å²) in [5, 5.41) is 14.8. The van der Waals surface area contributed by atoms with Gasteiger partial charge in [0.05, 0.1) is 12.5 Å². The van der Waals surface area contributed by atoms with Crippen molar-refractivity contribution in [1.29, 1.82) is 0 Å². The van der Waals surface area contributed by atoms with E-state index >= 15 is 0 Å². The Labute approximate surface area is 117 Å². The summed E-state index contributed by atoms with van der Waals surface area (Å²) in [6.45, 7) is 0.202. The Morgan fingerprint density at radius 1 is 1.47 bits per heavy atom. The second-order valence-electron chi connectivity index (χ2n) is 4.68. The fourth-order valence-electron chi connectivity index (χ4n) is 2.16. The van der Waals surface area contributed by atoms with Crippen molar-refractivity contribution < 1.29 is 19.4 Å². The summed E-state index contributed by atoms with van der Waals surface area (Å²) in [5.41, 5.74) is 0. The lowest BCUT2D eigenvalue weighted by Gasteiger charge is -2.17. The highest BCUT2D eigenvalue weighted by molar-refractivity contribution is 7.99. The molecule has 0 aromatic carbocycles. The summed E-state index contributed by atoms with van der Waals surface area (Å²) in [6, 6.07) is -0.0305. The van der Waals surface area contributed by atoms with Crippen LogP contribution in [0.25, 0.3) is 0 Å². The second kappa shape index (κ2) is 8.27. The number of ether oxygens (including phenoxy) is 1. The van der Waals surface area contributed by atoms with Gasteiger partial charge in [0.15, 0.2) is 0 Å². The molecule has 110 valence electrons. The lowest BCUT2D eigenvalue weighted by Crippen LogP contribution is -2.44. The molecule has 0 aliphatic heterocycles. The van der Waals surface area contributed by atoms with Crippen LogP contribution in [-0.2, 0) is 9.53 Å². The Balaban J connectivity index is 2.22. The molecule has 2 amide bonds. The minimum absolute atomic E-state index is 0.116. The maximum absolute atomic E-state index is 11.7. The average Bonchev–Trinajstić information content (AvgIpc) is 2.81. The van der Waals surface area contributed by atoms with E-state index < -0.39 is 12.1 Å². The highest BCUT2D eigenvalue weighted by Crippen LogP contribution is 2.27. The first-order valence-electron chi connectivity index (χ1n) is 6.37. The molecule has 0 aromatic rings. The third-order valence-corrected chi connectivity index (χ3v) is 4.37. The third-order valence-electron chi connectivity index (χ3n) is 3.28. The molecule has 0 aromatic heterocycles. The van der Waals surface area contributed by atoms with Gasteiger partial charge in [0.1, 0.15) is 0 Å². The number of amides is 2. The number of carboxylic acid groups (broad SMARTS) is 1. The van der Waals surface area contributed by atoms with Crippen molar-refractivity contribution in [2.24, 2.45) is 0 Å². The number of hydrogen-bond donors (Lipinski definition) is 3. The fraction of sp³-hybridized carbons (Fsp3) is 0.833. The highest BCUT2D eigenvalue weighted by Gasteiger charge is 2.25. The summed E-state index contributed by atoms with van der Waals surface area (Å²) < 4.78 is 4.99. The van der Waals surface area contributed by atoms with Crippen molar-refractivity contribution in [2.75, 3.05) is 19.9 Å². The van der Waals surface area contributed by atoms with Crippen LogP contribution in [0.4, 0.5) is 4.79 Å². The molecule has 3 unspecified atom stereocenters. The SMILES string of the molecule is COC(CNC(=O)NC1CCC(SC)C1)CC(=O)O. The van der Waals surface area contributed by atoms with Crippen LogP contribution in [0.5, 0.6) is 0 Å². The normalized spacial score (nSPS) is 23.9. The first kappa shape index (κ1) is 16.1. The van der Waals surface area contributed by atoms with Crippen molar-refractivity contribution in [2.45, 2.75) is 43.1 Å². The molecule has 1 rings (SSSR count). The number of carboxylic acids is 1. The number of hydrogen-bond acceptors (Lipinski definition) is 4. The molecule has 0 heterocycles. The van der Waals surface area contributed by atoms with E-state index in [0.29, 0.717) is 5.25 Å². The molecule has 0 spiro atoms. The number of carbonyl (C=O) groups excluding carboxylic acids is 1.